The molecule has 1 saturated heterocycles. The second-order valence-corrected chi connectivity index (χ2v) is 8.19. The van der Waals surface area contributed by atoms with E-state index < -0.39 is 0 Å². The van der Waals surface area contributed by atoms with Crippen molar-refractivity contribution in [1.29, 1.82) is 0 Å². The lowest BCUT2D eigenvalue weighted by Crippen LogP contribution is -2.42. The molecule has 0 bridgehead atoms. The number of hydrogen-bond donors (Lipinski definition) is 0. The highest BCUT2D eigenvalue weighted by Gasteiger charge is 2.25. The summed E-state index contributed by atoms with van der Waals surface area (Å²) in [5, 5.41) is 0. The molecule has 1 aromatic rings. The summed E-state index contributed by atoms with van der Waals surface area (Å²) in [7, 11) is 0. The van der Waals surface area contributed by atoms with Gasteiger partial charge in [-0.3, -0.25) is 9.69 Å². The molecule has 134 valence electrons. The second-order valence-electron chi connectivity index (χ2n) is 8.19. The van der Waals surface area contributed by atoms with E-state index in [4.69, 9.17) is 4.74 Å². The molecule has 1 heterocycles. The molecular formula is C21H33NO2. The zero-order valence-electron chi connectivity index (χ0n) is 16.1. The number of carbonyl (C=O) groups is 1. The molecule has 2 rings (SSSR count). The first kappa shape index (κ1) is 19.0. The number of nitrogens with zero attached hydrogens (tertiary/aromatic N) is 1. The maximum Gasteiger partial charge on any atom is 0.325 e. The zero-order valence-corrected chi connectivity index (χ0v) is 16.1. The van der Waals surface area contributed by atoms with Gasteiger partial charge in [0.15, 0.2) is 0 Å². The molecule has 0 N–H and O–H groups in total. The largest absolute Gasteiger partial charge is 0.425 e. The number of likely N-dealkylation sites (tertiary alicyclic amines) is 1. The van der Waals surface area contributed by atoms with Crippen molar-refractivity contribution < 1.29 is 9.53 Å². The highest BCUT2D eigenvalue weighted by atomic mass is 16.5. The third kappa shape index (κ3) is 4.83. The van der Waals surface area contributed by atoms with Gasteiger partial charge in [0.05, 0.1) is 6.54 Å². The zero-order chi connectivity index (χ0) is 17.9. The summed E-state index contributed by atoms with van der Waals surface area (Å²) < 4.78 is 5.89. The summed E-state index contributed by atoms with van der Waals surface area (Å²) in [6.45, 7) is 15.5. The molecule has 1 aromatic carbocycles. The predicted octanol–water partition coefficient (Wildman–Crippen LogP) is 4.82. The molecule has 0 aromatic heterocycles. The van der Waals surface area contributed by atoms with Gasteiger partial charge < -0.3 is 4.74 Å². The molecule has 0 spiro atoms. The van der Waals surface area contributed by atoms with E-state index in [0.29, 0.717) is 30.2 Å². The van der Waals surface area contributed by atoms with E-state index >= 15 is 0 Å². The van der Waals surface area contributed by atoms with Crippen LogP contribution < -0.4 is 4.74 Å². The van der Waals surface area contributed by atoms with Gasteiger partial charge in [-0.2, -0.15) is 0 Å². The van der Waals surface area contributed by atoms with Crippen molar-refractivity contribution in [3.05, 3.63) is 29.3 Å². The van der Waals surface area contributed by atoms with Crippen LogP contribution in [0, 0.1) is 11.8 Å². The predicted molar refractivity (Wildman–Crippen MR) is 99.6 cm³/mol. The van der Waals surface area contributed by atoms with E-state index in [1.165, 1.54) is 6.42 Å². The van der Waals surface area contributed by atoms with Crippen LogP contribution >= 0.6 is 0 Å². The van der Waals surface area contributed by atoms with E-state index in [-0.39, 0.29) is 5.97 Å². The van der Waals surface area contributed by atoms with Crippen LogP contribution in [0.25, 0.3) is 0 Å². The Kier molecular flexibility index (Phi) is 6.45. The molecule has 2 atom stereocenters. The minimum atomic E-state index is -0.133. The number of para-hydroxylation sites is 1. The first-order chi connectivity index (χ1) is 11.3. The van der Waals surface area contributed by atoms with Crippen LogP contribution in [0.3, 0.4) is 0 Å². The Morgan fingerprint density at radius 3 is 2.04 bits per heavy atom. The number of carbonyl (C=O) groups excluding carboxylic acids is 1. The Balaban J connectivity index is 2.13. The summed E-state index contributed by atoms with van der Waals surface area (Å²) in [4.78, 5) is 14.8. The summed E-state index contributed by atoms with van der Waals surface area (Å²) in [5.74, 6) is 2.62. The van der Waals surface area contributed by atoms with Crippen LogP contribution in [-0.4, -0.2) is 30.5 Å². The fourth-order valence-electron chi connectivity index (χ4n) is 3.85. The third-order valence-corrected chi connectivity index (χ3v) is 4.83. The SMILES string of the molecule is CC1CC(C)CN(CC(=O)Oc2c(C(C)C)cccc2C(C)C)C1. The lowest BCUT2D eigenvalue weighted by Gasteiger charge is -2.34. The topological polar surface area (TPSA) is 29.5 Å². The standard InChI is InChI=1S/C21H33NO2/c1-14(2)18-8-7-9-19(15(3)4)21(18)24-20(23)13-22-11-16(5)10-17(6)12-22/h7-9,14-17H,10-13H2,1-6H3. The highest BCUT2D eigenvalue weighted by molar-refractivity contribution is 5.75. The molecule has 1 aliphatic heterocycles. The van der Waals surface area contributed by atoms with Crippen molar-refractivity contribution in [3.63, 3.8) is 0 Å². The number of ether oxygens (including phenoxy) is 1. The number of hydrogen-bond acceptors (Lipinski definition) is 3. The van der Waals surface area contributed by atoms with Crippen LogP contribution in [0.1, 0.15) is 70.9 Å². The summed E-state index contributed by atoms with van der Waals surface area (Å²) in [6, 6.07) is 6.21. The average Bonchev–Trinajstić information content (AvgIpc) is 2.45. The van der Waals surface area contributed by atoms with Crippen LogP contribution in [0.15, 0.2) is 18.2 Å². The molecular weight excluding hydrogens is 298 g/mol. The highest BCUT2D eigenvalue weighted by Crippen LogP contribution is 2.34. The van der Waals surface area contributed by atoms with Crippen molar-refractivity contribution in [3.8, 4) is 5.75 Å². The minimum absolute atomic E-state index is 0.133. The molecule has 2 unspecified atom stereocenters. The molecule has 1 aliphatic rings. The Hall–Kier alpha value is -1.35. The molecule has 0 radical (unpaired) electrons. The van der Waals surface area contributed by atoms with E-state index in [1.807, 2.05) is 0 Å². The van der Waals surface area contributed by atoms with Crippen molar-refractivity contribution in [2.45, 2.75) is 59.8 Å². The quantitative estimate of drug-likeness (QED) is 0.572. The molecule has 0 aliphatic carbocycles. The minimum Gasteiger partial charge on any atom is -0.425 e. The van der Waals surface area contributed by atoms with Crippen molar-refractivity contribution in [2.24, 2.45) is 11.8 Å². The first-order valence-corrected chi connectivity index (χ1v) is 9.33. The molecule has 0 amide bonds. The Morgan fingerprint density at radius 2 is 1.58 bits per heavy atom. The van der Waals surface area contributed by atoms with Gasteiger partial charge in [0.2, 0.25) is 0 Å². The second kappa shape index (κ2) is 8.15. The molecule has 0 saturated carbocycles. The maximum absolute atomic E-state index is 12.6. The summed E-state index contributed by atoms with van der Waals surface area (Å²) in [5.41, 5.74) is 2.24. The number of benzene rings is 1. The smallest absolute Gasteiger partial charge is 0.325 e. The van der Waals surface area contributed by atoms with Gasteiger partial charge >= 0.3 is 5.97 Å². The summed E-state index contributed by atoms with van der Waals surface area (Å²) >= 11 is 0. The first-order valence-electron chi connectivity index (χ1n) is 9.33. The van der Waals surface area contributed by atoms with Gasteiger partial charge in [-0.05, 0) is 41.2 Å². The molecule has 3 nitrogen and oxygen atoms in total. The van der Waals surface area contributed by atoms with Crippen LogP contribution in [-0.2, 0) is 4.79 Å². The fourth-order valence-corrected chi connectivity index (χ4v) is 3.85. The lowest BCUT2D eigenvalue weighted by atomic mass is 9.92. The fraction of sp³-hybridized carbons (Fsp3) is 0.667. The van der Waals surface area contributed by atoms with E-state index in [2.05, 4.69) is 64.6 Å². The monoisotopic (exact) mass is 331 g/mol. The normalized spacial score (nSPS) is 22.2. The number of esters is 1. The van der Waals surface area contributed by atoms with Gasteiger partial charge in [-0.25, -0.2) is 0 Å². The Labute approximate surface area is 147 Å². The van der Waals surface area contributed by atoms with Gasteiger partial charge in [0.25, 0.3) is 0 Å². The molecule has 3 heteroatoms. The Bertz CT molecular complexity index is 529. The average molecular weight is 332 g/mol. The summed E-state index contributed by atoms with van der Waals surface area (Å²) in [6.07, 6.45) is 1.25. The van der Waals surface area contributed by atoms with Crippen molar-refractivity contribution in [2.75, 3.05) is 19.6 Å². The van der Waals surface area contributed by atoms with Gasteiger partial charge in [-0.15, -0.1) is 0 Å². The van der Waals surface area contributed by atoms with E-state index in [1.54, 1.807) is 0 Å². The number of piperidine rings is 1. The van der Waals surface area contributed by atoms with Crippen molar-refractivity contribution in [1.82, 2.24) is 4.90 Å². The van der Waals surface area contributed by atoms with Crippen LogP contribution in [0.2, 0.25) is 0 Å². The van der Waals surface area contributed by atoms with Gasteiger partial charge in [-0.1, -0.05) is 59.7 Å². The molecule has 1 fully saturated rings. The van der Waals surface area contributed by atoms with Gasteiger partial charge in [0, 0.05) is 13.1 Å². The van der Waals surface area contributed by atoms with Crippen LogP contribution in [0.5, 0.6) is 5.75 Å². The van der Waals surface area contributed by atoms with Gasteiger partial charge in [0.1, 0.15) is 5.75 Å². The van der Waals surface area contributed by atoms with Crippen molar-refractivity contribution >= 4 is 5.97 Å². The van der Waals surface area contributed by atoms with E-state index in [0.717, 1.165) is 30.0 Å². The Morgan fingerprint density at radius 1 is 1.08 bits per heavy atom. The van der Waals surface area contributed by atoms with E-state index in [9.17, 15) is 4.79 Å². The maximum atomic E-state index is 12.6. The third-order valence-electron chi connectivity index (χ3n) is 4.83. The van der Waals surface area contributed by atoms with Crippen LogP contribution in [0.4, 0.5) is 0 Å². The lowest BCUT2D eigenvalue weighted by molar-refractivity contribution is -0.136. The molecule has 24 heavy (non-hydrogen) atoms. The number of rotatable bonds is 5.